The molecule has 5 nitrogen and oxygen atoms in total. The van der Waals surface area contributed by atoms with Crippen LogP contribution in [-0.2, 0) is 4.79 Å². The van der Waals surface area contributed by atoms with Crippen LogP contribution in [-0.4, -0.2) is 39.4 Å². The molecule has 1 aromatic rings. The Morgan fingerprint density at radius 1 is 1.30 bits per heavy atom. The van der Waals surface area contributed by atoms with Gasteiger partial charge in [-0.3, -0.25) is 4.79 Å². The maximum atomic E-state index is 10.5. The summed E-state index contributed by atoms with van der Waals surface area (Å²) >= 11 is 6.43. The first kappa shape index (κ1) is 21.7. The van der Waals surface area contributed by atoms with Crippen LogP contribution in [0.2, 0.25) is 0 Å². The van der Waals surface area contributed by atoms with Gasteiger partial charge in [-0.05, 0) is 56.2 Å². The van der Waals surface area contributed by atoms with Gasteiger partial charge in [-0.2, -0.15) is 0 Å². The quantitative estimate of drug-likeness (QED) is 0.317. The molecule has 2 rings (SSSR count). The molecule has 1 fully saturated rings. The van der Waals surface area contributed by atoms with Crippen molar-refractivity contribution in [2.75, 3.05) is 6.61 Å². The van der Waals surface area contributed by atoms with E-state index in [-0.39, 0.29) is 23.6 Å². The standard InChI is InChI=1S/C21H29ClO5/c1-14(23)15-8-10-16(11-9-15)27-13-18-17(19(22)12-20(18)24)6-4-2-3-5-7-21(25)26/h2,4,8-11,14,17-20,23-24H,3,5-7,12-13H2,1H3,(H,25,26)/t14?,17-,18-,19-,20-/m1/s1. The summed E-state index contributed by atoms with van der Waals surface area (Å²) in [6.07, 6.45) is 5.84. The molecule has 1 aliphatic carbocycles. The monoisotopic (exact) mass is 396 g/mol. The maximum absolute atomic E-state index is 10.5. The number of halogens is 1. The first-order valence-electron chi connectivity index (χ1n) is 9.48. The number of aliphatic carboxylic acids is 1. The van der Waals surface area contributed by atoms with Crippen LogP contribution in [0.5, 0.6) is 5.75 Å². The maximum Gasteiger partial charge on any atom is 0.303 e. The number of alkyl halides is 1. The largest absolute Gasteiger partial charge is 0.493 e. The summed E-state index contributed by atoms with van der Waals surface area (Å²) in [5.41, 5.74) is 0.829. The molecule has 6 heteroatoms. The molecule has 0 radical (unpaired) electrons. The van der Waals surface area contributed by atoms with Crippen LogP contribution in [0, 0.1) is 11.8 Å². The van der Waals surface area contributed by atoms with Crippen molar-refractivity contribution in [3.63, 3.8) is 0 Å². The number of hydrogen-bond acceptors (Lipinski definition) is 4. The van der Waals surface area contributed by atoms with Crippen molar-refractivity contribution in [2.24, 2.45) is 11.8 Å². The van der Waals surface area contributed by atoms with E-state index in [2.05, 4.69) is 0 Å². The van der Waals surface area contributed by atoms with Crippen molar-refractivity contribution in [1.82, 2.24) is 0 Å². The van der Waals surface area contributed by atoms with Gasteiger partial charge in [0.25, 0.3) is 0 Å². The number of hydrogen-bond donors (Lipinski definition) is 3. The normalized spacial score (nSPS) is 26.4. The molecular weight excluding hydrogens is 368 g/mol. The van der Waals surface area contributed by atoms with Crippen molar-refractivity contribution >= 4 is 17.6 Å². The van der Waals surface area contributed by atoms with Crippen LogP contribution >= 0.6 is 11.6 Å². The summed E-state index contributed by atoms with van der Waals surface area (Å²) in [5.74, 6) is -0.00356. The fraction of sp³-hybridized carbons (Fsp3) is 0.571. The second kappa shape index (κ2) is 10.7. The minimum Gasteiger partial charge on any atom is -0.493 e. The molecule has 5 atom stereocenters. The van der Waals surface area contributed by atoms with Crippen molar-refractivity contribution in [3.05, 3.63) is 42.0 Å². The third kappa shape index (κ3) is 6.83. The Labute approximate surface area is 165 Å². The summed E-state index contributed by atoms with van der Waals surface area (Å²) < 4.78 is 5.86. The van der Waals surface area contributed by atoms with Crippen molar-refractivity contribution in [2.45, 2.75) is 56.6 Å². The van der Waals surface area contributed by atoms with E-state index < -0.39 is 18.2 Å². The van der Waals surface area contributed by atoms with E-state index in [1.54, 1.807) is 6.92 Å². The molecule has 1 aliphatic rings. The van der Waals surface area contributed by atoms with Crippen molar-refractivity contribution < 1.29 is 24.9 Å². The molecule has 0 aromatic heterocycles. The number of rotatable bonds is 10. The van der Waals surface area contributed by atoms with Crippen LogP contribution in [0.15, 0.2) is 36.4 Å². The summed E-state index contributed by atoms with van der Waals surface area (Å²) in [5, 5.41) is 28.4. The van der Waals surface area contributed by atoms with Crippen LogP contribution < -0.4 is 4.74 Å². The number of carboxylic acids is 1. The van der Waals surface area contributed by atoms with E-state index >= 15 is 0 Å². The highest BCUT2D eigenvalue weighted by atomic mass is 35.5. The molecule has 0 aliphatic heterocycles. The van der Waals surface area contributed by atoms with Gasteiger partial charge in [-0.15, -0.1) is 11.6 Å². The number of aliphatic hydroxyl groups excluding tert-OH is 2. The van der Waals surface area contributed by atoms with E-state index in [4.69, 9.17) is 21.4 Å². The highest BCUT2D eigenvalue weighted by molar-refractivity contribution is 6.21. The Morgan fingerprint density at radius 3 is 2.63 bits per heavy atom. The van der Waals surface area contributed by atoms with E-state index in [0.717, 1.165) is 18.4 Å². The molecule has 150 valence electrons. The van der Waals surface area contributed by atoms with E-state index in [0.29, 0.717) is 25.2 Å². The Morgan fingerprint density at radius 2 is 2.00 bits per heavy atom. The number of benzene rings is 1. The van der Waals surface area contributed by atoms with E-state index in [1.807, 2.05) is 36.4 Å². The minimum absolute atomic E-state index is 0.0485. The molecule has 0 heterocycles. The van der Waals surface area contributed by atoms with Crippen molar-refractivity contribution in [1.29, 1.82) is 0 Å². The number of carboxylic acid groups (broad SMARTS) is 1. The van der Waals surface area contributed by atoms with E-state index in [9.17, 15) is 15.0 Å². The predicted octanol–water partition coefficient (Wildman–Crippen LogP) is 3.92. The second-order valence-electron chi connectivity index (χ2n) is 7.20. The fourth-order valence-corrected chi connectivity index (χ4v) is 3.94. The first-order chi connectivity index (χ1) is 12.9. The average Bonchev–Trinajstić information content (AvgIpc) is 2.89. The molecule has 3 N–H and O–H groups in total. The summed E-state index contributed by atoms with van der Waals surface area (Å²) in [4.78, 5) is 10.5. The van der Waals surface area contributed by atoms with Gasteiger partial charge < -0.3 is 20.1 Å². The molecule has 1 saturated carbocycles. The van der Waals surface area contributed by atoms with Crippen LogP contribution in [0.1, 0.15) is 50.7 Å². The first-order valence-corrected chi connectivity index (χ1v) is 9.92. The zero-order valence-corrected chi connectivity index (χ0v) is 16.4. The smallest absolute Gasteiger partial charge is 0.303 e. The molecule has 0 amide bonds. The number of unbranched alkanes of at least 4 members (excludes halogenated alkanes) is 1. The van der Waals surface area contributed by atoms with E-state index in [1.165, 1.54) is 0 Å². The average molecular weight is 397 g/mol. The van der Waals surface area contributed by atoms with Gasteiger partial charge in [0.1, 0.15) is 5.75 Å². The fourth-order valence-electron chi connectivity index (χ4n) is 3.47. The van der Waals surface area contributed by atoms with Crippen LogP contribution in [0.3, 0.4) is 0 Å². The molecule has 0 bridgehead atoms. The summed E-state index contributed by atoms with van der Waals surface area (Å²) in [6, 6.07) is 7.29. The third-order valence-electron chi connectivity index (χ3n) is 5.12. The molecular formula is C21H29ClO5. The Kier molecular flexibility index (Phi) is 8.61. The van der Waals surface area contributed by atoms with Gasteiger partial charge in [0.15, 0.2) is 0 Å². The molecule has 0 spiro atoms. The van der Waals surface area contributed by atoms with Gasteiger partial charge in [0, 0.05) is 17.7 Å². The molecule has 0 saturated heterocycles. The predicted molar refractivity (Wildman–Crippen MR) is 105 cm³/mol. The lowest BCUT2D eigenvalue weighted by Gasteiger charge is -2.22. The number of ether oxygens (including phenoxy) is 1. The molecule has 1 aromatic carbocycles. The second-order valence-corrected chi connectivity index (χ2v) is 7.76. The lowest BCUT2D eigenvalue weighted by atomic mass is 9.92. The van der Waals surface area contributed by atoms with Crippen molar-refractivity contribution in [3.8, 4) is 5.75 Å². The van der Waals surface area contributed by atoms with Gasteiger partial charge in [-0.1, -0.05) is 24.3 Å². The number of carbonyl (C=O) groups is 1. The third-order valence-corrected chi connectivity index (χ3v) is 5.62. The van der Waals surface area contributed by atoms with Gasteiger partial charge in [-0.25, -0.2) is 0 Å². The Bertz CT molecular complexity index is 614. The van der Waals surface area contributed by atoms with Gasteiger partial charge >= 0.3 is 5.97 Å². The number of aliphatic hydroxyl groups is 2. The summed E-state index contributed by atoms with van der Waals surface area (Å²) in [7, 11) is 0. The van der Waals surface area contributed by atoms with Gasteiger partial charge in [0.05, 0.1) is 18.8 Å². The highest BCUT2D eigenvalue weighted by Crippen LogP contribution is 2.39. The number of allylic oxidation sites excluding steroid dienone is 2. The topological polar surface area (TPSA) is 87.0 Å². The lowest BCUT2D eigenvalue weighted by Crippen LogP contribution is -2.27. The molecule has 1 unspecified atom stereocenters. The van der Waals surface area contributed by atoms with Gasteiger partial charge in [0.2, 0.25) is 0 Å². The zero-order chi connectivity index (χ0) is 19.8. The van der Waals surface area contributed by atoms with Crippen LogP contribution in [0.25, 0.3) is 0 Å². The molecule has 27 heavy (non-hydrogen) atoms. The SMILES string of the molecule is CC(O)c1ccc(OC[C@@H]2[C@@H](CC=CCCCC(=O)O)[C@H](Cl)C[C@H]2O)cc1. The highest BCUT2D eigenvalue weighted by Gasteiger charge is 2.41. The van der Waals surface area contributed by atoms with Crippen LogP contribution in [0.4, 0.5) is 0 Å². The zero-order valence-electron chi connectivity index (χ0n) is 15.6. The Balaban J connectivity index is 1.85. The summed E-state index contributed by atoms with van der Waals surface area (Å²) in [6.45, 7) is 2.10. The Hall–Kier alpha value is -1.56. The minimum atomic E-state index is -0.776. The lowest BCUT2D eigenvalue weighted by molar-refractivity contribution is -0.137.